The molecule has 0 spiro atoms. The lowest BCUT2D eigenvalue weighted by Gasteiger charge is -2.15. The van der Waals surface area contributed by atoms with Gasteiger partial charge < -0.3 is 19.3 Å². The Morgan fingerprint density at radius 1 is 0.643 bits per heavy atom. The second-order valence-corrected chi connectivity index (χ2v) is 17.2. The second kappa shape index (κ2) is 19.7. The van der Waals surface area contributed by atoms with Gasteiger partial charge in [-0.3, -0.25) is 14.4 Å². The summed E-state index contributed by atoms with van der Waals surface area (Å²) in [6.07, 6.45) is 5.43. The average molecular weight is 595 g/mol. The highest BCUT2D eigenvalue weighted by Crippen LogP contribution is 2.11. The van der Waals surface area contributed by atoms with Crippen LogP contribution in [0.4, 0.5) is 0 Å². The van der Waals surface area contributed by atoms with Crippen LogP contribution in [0.2, 0.25) is 25.7 Å². The zero-order valence-electron chi connectivity index (χ0n) is 25.4. The van der Waals surface area contributed by atoms with Gasteiger partial charge in [0.05, 0.1) is 19.6 Å². The van der Waals surface area contributed by atoms with Crippen molar-refractivity contribution in [1.82, 2.24) is 0 Å². The van der Waals surface area contributed by atoms with Crippen molar-refractivity contribution in [2.75, 3.05) is 19.8 Å². The van der Waals surface area contributed by atoms with Crippen LogP contribution < -0.4 is 0 Å². The van der Waals surface area contributed by atoms with E-state index >= 15 is 0 Å². The Balaban J connectivity index is 1.62. The first-order valence-electron chi connectivity index (χ1n) is 14.9. The minimum atomic E-state index is -1.21. The van der Waals surface area contributed by atoms with Crippen molar-refractivity contribution in [2.24, 2.45) is 0 Å². The fourth-order valence-corrected chi connectivity index (χ4v) is 4.54. The standard InChI is InChI=1S/C34H46O7Si/c1-42(2,3)25-24-40-34(38)26-30-18-14-28(15-19-30)12-13-29-16-20-31(21-17-29)27-41-33(37)11-7-5-9-23-39-32(36)10-6-4-8-22-35/h14-21,35H,4-11,22-27H2,1-3H3. The molecule has 0 bridgehead atoms. The highest BCUT2D eigenvalue weighted by atomic mass is 28.3. The number of carbonyl (C=O) groups excluding carboxylic acids is 3. The molecule has 0 saturated heterocycles. The molecule has 1 N–H and O–H groups in total. The fourth-order valence-electron chi connectivity index (χ4n) is 3.82. The van der Waals surface area contributed by atoms with Gasteiger partial charge in [-0.1, -0.05) is 62.2 Å². The van der Waals surface area contributed by atoms with Gasteiger partial charge in [-0.05, 0) is 73.5 Å². The molecular weight excluding hydrogens is 548 g/mol. The minimum Gasteiger partial charge on any atom is -0.466 e. The smallest absolute Gasteiger partial charge is 0.310 e. The molecule has 0 aliphatic carbocycles. The lowest BCUT2D eigenvalue weighted by Crippen LogP contribution is -2.23. The predicted octanol–water partition coefficient (Wildman–Crippen LogP) is 6.21. The second-order valence-electron chi connectivity index (χ2n) is 11.6. The molecule has 2 aromatic carbocycles. The largest absolute Gasteiger partial charge is 0.466 e. The highest BCUT2D eigenvalue weighted by Gasteiger charge is 2.14. The highest BCUT2D eigenvalue weighted by molar-refractivity contribution is 6.76. The molecule has 228 valence electrons. The van der Waals surface area contributed by atoms with Crippen molar-refractivity contribution in [2.45, 2.75) is 90.1 Å². The molecule has 0 amide bonds. The number of aliphatic hydroxyl groups is 1. The van der Waals surface area contributed by atoms with E-state index in [1.807, 2.05) is 48.5 Å². The number of hydrogen-bond donors (Lipinski definition) is 1. The van der Waals surface area contributed by atoms with E-state index < -0.39 is 8.07 Å². The van der Waals surface area contributed by atoms with Gasteiger partial charge in [0.2, 0.25) is 0 Å². The van der Waals surface area contributed by atoms with E-state index in [1.54, 1.807) is 0 Å². The number of hydrogen-bond acceptors (Lipinski definition) is 7. The summed E-state index contributed by atoms with van der Waals surface area (Å²) in [6, 6.07) is 16.2. The first-order valence-corrected chi connectivity index (χ1v) is 18.6. The Labute approximate surface area is 252 Å². The normalized spacial score (nSPS) is 10.9. The van der Waals surface area contributed by atoms with Gasteiger partial charge in [0, 0.05) is 38.6 Å². The van der Waals surface area contributed by atoms with Crippen molar-refractivity contribution in [3.05, 3.63) is 70.8 Å². The zero-order valence-corrected chi connectivity index (χ0v) is 26.4. The number of carbonyl (C=O) groups is 3. The Bertz CT molecular complexity index is 1160. The Morgan fingerprint density at radius 3 is 1.74 bits per heavy atom. The topological polar surface area (TPSA) is 99.1 Å². The molecule has 0 atom stereocenters. The summed E-state index contributed by atoms with van der Waals surface area (Å²) >= 11 is 0. The van der Waals surface area contributed by atoms with E-state index in [2.05, 4.69) is 31.5 Å². The summed E-state index contributed by atoms with van der Waals surface area (Å²) in [7, 11) is -1.21. The summed E-state index contributed by atoms with van der Waals surface area (Å²) < 4.78 is 15.9. The van der Waals surface area contributed by atoms with Crippen LogP contribution in [0.25, 0.3) is 0 Å². The van der Waals surface area contributed by atoms with Crippen LogP contribution in [-0.2, 0) is 41.6 Å². The molecule has 0 aliphatic heterocycles. The van der Waals surface area contributed by atoms with E-state index in [0.29, 0.717) is 38.9 Å². The number of ether oxygens (including phenoxy) is 3. The fraction of sp³-hybridized carbons (Fsp3) is 0.500. The van der Waals surface area contributed by atoms with E-state index in [4.69, 9.17) is 19.3 Å². The third kappa shape index (κ3) is 16.8. The Morgan fingerprint density at radius 2 is 1.17 bits per heavy atom. The monoisotopic (exact) mass is 594 g/mol. The van der Waals surface area contributed by atoms with Gasteiger partial charge in [0.15, 0.2) is 0 Å². The average Bonchev–Trinajstić information content (AvgIpc) is 2.95. The summed E-state index contributed by atoms with van der Waals surface area (Å²) in [5, 5.41) is 8.73. The van der Waals surface area contributed by atoms with Gasteiger partial charge in [-0.2, -0.15) is 0 Å². The molecule has 0 radical (unpaired) electrons. The third-order valence-corrected chi connectivity index (χ3v) is 8.15. The van der Waals surface area contributed by atoms with Gasteiger partial charge in [0.1, 0.15) is 6.61 Å². The number of benzene rings is 2. The zero-order chi connectivity index (χ0) is 30.6. The maximum Gasteiger partial charge on any atom is 0.310 e. The molecular formula is C34H46O7Si. The molecule has 0 heterocycles. The van der Waals surface area contributed by atoms with Crippen molar-refractivity contribution in [3.63, 3.8) is 0 Å². The van der Waals surface area contributed by atoms with Crippen LogP contribution in [0.3, 0.4) is 0 Å². The molecule has 42 heavy (non-hydrogen) atoms. The van der Waals surface area contributed by atoms with E-state index in [0.717, 1.165) is 54.0 Å². The first kappa shape index (κ1) is 34.8. The summed E-state index contributed by atoms with van der Waals surface area (Å²) in [4.78, 5) is 35.7. The lowest BCUT2D eigenvalue weighted by molar-refractivity contribution is -0.146. The lowest BCUT2D eigenvalue weighted by atomic mass is 10.1. The Kier molecular flexibility index (Phi) is 16.3. The molecule has 2 rings (SSSR count). The number of rotatable bonds is 18. The van der Waals surface area contributed by atoms with Crippen LogP contribution in [0.1, 0.15) is 73.6 Å². The molecule has 0 saturated carbocycles. The van der Waals surface area contributed by atoms with Crippen LogP contribution in [0.15, 0.2) is 48.5 Å². The summed E-state index contributed by atoms with van der Waals surface area (Å²) in [6.45, 7) is 8.00. The quantitative estimate of drug-likeness (QED) is 0.0720. The maximum atomic E-state index is 12.1. The van der Waals surface area contributed by atoms with Gasteiger partial charge in [-0.25, -0.2) is 0 Å². The molecule has 8 heteroatoms. The predicted molar refractivity (Wildman–Crippen MR) is 166 cm³/mol. The van der Waals surface area contributed by atoms with E-state index in [9.17, 15) is 14.4 Å². The molecule has 0 aliphatic rings. The Hall–Kier alpha value is -3.41. The molecule has 0 unspecified atom stereocenters. The molecule has 2 aromatic rings. The third-order valence-electron chi connectivity index (χ3n) is 6.45. The number of aliphatic hydroxyl groups excluding tert-OH is 1. The van der Waals surface area contributed by atoms with Gasteiger partial charge >= 0.3 is 17.9 Å². The van der Waals surface area contributed by atoms with Crippen LogP contribution in [-0.4, -0.2) is 50.9 Å². The SMILES string of the molecule is C[Si](C)(C)CCOC(=O)Cc1ccc(C#Cc2ccc(COC(=O)CCCCCOC(=O)CCCCCO)cc2)cc1. The number of esters is 3. The molecule has 0 fully saturated rings. The van der Waals surface area contributed by atoms with Crippen molar-refractivity contribution in [3.8, 4) is 11.8 Å². The van der Waals surface area contributed by atoms with Crippen molar-refractivity contribution < 1.29 is 33.7 Å². The van der Waals surface area contributed by atoms with Gasteiger partial charge in [-0.15, -0.1) is 0 Å². The molecule has 7 nitrogen and oxygen atoms in total. The van der Waals surface area contributed by atoms with Crippen LogP contribution in [0, 0.1) is 11.8 Å². The van der Waals surface area contributed by atoms with Gasteiger partial charge in [0.25, 0.3) is 0 Å². The van der Waals surface area contributed by atoms with Crippen molar-refractivity contribution >= 4 is 26.0 Å². The van der Waals surface area contributed by atoms with E-state index in [-0.39, 0.29) is 37.5 Å². The van der Waals surface area contributed by atoms with Crippen molar-refractivity contribution in [1.29, 1.82) is 0 Å². The first-order chi connectivity index (χ1) is 20.1. The van der Waals surface area contributed by atoms with E-state index in [1.165, 1.54) is 0 Å². The summed E-state index contributed by atoms with van der Waals surface area (Å²) in [5.41, 5.74) is 3.50. The minimum absolute atomic E-state index is 0.151. The number of unbranched alkanes of at least 4 members (excludes halogenated alkanes) is 4. The maximum absolute atomic E-state index is 12.1. The summed E-state index contributed by atoms with van der Waals surface area (Å²) in [5.74, 6) is 5.62. The van der Waals surface area contributed by atoms with Crippen LogP contribution in [0.5, 0.6) is 0 Å². The van der Waals surface area contributed by atoms with Crippen LogP contribution >= 0.6 is 0 Å². The molecule has 0 aromatic heterocycles.